The SMILES string of the molecule is CCCNC(c1ccccc1)C(C)CN(C)C1CCC1. The van der Waals surface area contributed by atoms with Gasteiger partial charge in [0.15, 0.2) is 0 Å². The Morgan fingerprint density at radius 3 is 2.50 bits per heavy atom. The van der Waals surface area contributed by atoms with E-state index in [1.165, 1.54) is 37.8 Å². The highest BCUT2D eigenvalue weighted by Crippen LogP contribution is 2.27. The maximum Gasteiger partial charge on any atom is 0.0358 e. The van der Waals surface area contributed by atoms with Crippen molar-refractivity contribution in [3.8, 4) is 0 Å². The molecule has 2 nitrogen and oxygen atoms in total. The average molecular weight is 274 g/mol. The summed E-state index contributed by atoms with van der Waals surface area (Å²) in [5.41, 5.74) is 1.43. The van der Waals surface area contributed by atoms with Crippen LogP contribution in [0.2, 0.25) is 0 Å². The van der Waals surface area contributed by atoms with Crippen LogP contribution < -0.4 is 5.32 Å². The molecule has 1 aromatic rings. The molecule has 0 aliphatic heterocycles. The molecule has 2 heteroatoms. The Morgan fingerprint density at radius 1 is 1.25 bits per heavy atom. The molecule has 0 radical (unpaired) electrons. The lowest BCUT2D eigenvalue weighted by molar-refractivity contribution is 0.130. The predicted octanol–water partition coefficient (Wildman–Crippen LogP) is 3.85. The van der Waals surface area contributed by atoms with Crippen LogP contribution in [-0.4, -0.2) is 31.1 Å². The fraction of sp³-hybridized carbons (Fsp3) is 0.667. The maximum absolute atomic E-state index is 3.74. The Bertz CT molecular complexity index is 372. The molecule has 1 aromatic carbocycles. The molecular weight excluding hydrogens is 244 g/mol. The fourth-order valence-electron chi connectivity index (χ4n) is 3.14. The summed E-state index contributed by atoms with van der Waals surface area (Å²) < 4.78 is 0. The third kappa shape index (κ3) is 4.07. The largest absolute Gasteiger partial charge is 0.310 e. The van der Waals surface area contributed by atoms with Crippen molar-refractivity contribution in [3.63, 3.8) is 0 Å². The van der Waals surface area contributed by atoms with E-state index in [2.05, 4.69) is 61.4 Å². The zero-order valence-electron chi connectivity index (χ0n) is 13.3. The third-order valence-electron chi connectivity index (χ3n) is 4.62. The summed E-state index contributed by atoms with van der Waals surface area (Å²) in [5, 5.41) is 3.74. The van der Waals surface area contributed by atoms with Crippen molar-refractivity contribution in [1.82, 2.24) is 10.2 Å². The lowest BCUT2D eigenvalue weighted by atomic mass is 9.89. The molecule has 1 fully saturated rings. The summed E-state index contributed by atoms with van der Waals surface area (Å²) in [6.07, 6.45) is 5.39. The van der Waals surface area contributed by atoms with Crippen molar-refractivity contribution < 1.29 is 0 Å². The monoisotopic (exact) mass is 274 g/mol. The number of benzene rings is 1. The van der Waals surface area contributed by atoms with Gasteiger partial charge in [0.1, 0.15) is 0 Å². The molecule has 0 spiro atoms. The van der Waals surface area contributed by atoms with E-state index in [-0.39, 0.29) is 0 Å². The van der Waals surface area contributed by atoms with Crippen LogP contribution in [0.3, 0.4) is 0 Å². The summed E-state index contributed by atoms with van der Waals surface area (Å²) in [4.78, 5) is 2.57. The van der Waals surface area contributed by atoms with Gasteiger partial charge in [0.2, 0.25) is 0 Å². The van der Waals surface area contributed by atoms with E-state index in [0.29, 0.717) is 12.0 Å². The van der Waals surface area contributed by atoms with Crippen molar-refractivity contribution in [2.75, 3.05) is 20.1 Å². The Labute approximate surface area is 124 Å². The average Bonchev–Trinajstić information content (AvgIpc) is 2.38. The molecule has 0 bridgehead atoms. The Kier molecular flexibility index (Phi) is 6.06. The van der Waals surface area contributed by atoms with Crippen LogP contribution in [0.1, 0.15) is 51.1 Å². The number of hydrogen-bond donors (Lipinski definition) is 1. The van der Waals surface area contributed by atoms with Gasteiger partial charge in [-0.3, -0.25) is 0 Å². The Morgan fingerprint density at radius 2 is 1.95 bits per heavy atom. The molecule has 1 saturated carbocycles. The minimum absolute atomic E-state index is 0.471. The zero-order chi connectivity index (χ0) is 14.4. The molecule has 1 N–H and O–H groups in total. The summed E-state index contributed by atoms with van der Waals surface area (Å²) >= 11 is 0. The molecule has 2 rings (SSSR count). The second-order valence-electron chi connectivity index (χ2n) is 6.34. The molecule has 0 heterocycles. The normalized spacial score (nSPS) is 18.8. The van der Waals surface area contributed by atoms with Crippen molar-refractivity contribution in [2.24, 2.45) is 5.92 Å². The highest BCUT2D eigenvalue weighted by atomic mass is 15.1. The molecule has 2 atom stereocenters. The van der Waals surface area contributed by atoms with Gasteiger partial charge in [0, 0.05) is 18.6 Å². The first-order valence-corrected chi connectivity index (χ1v) is 8.21. The Balaban J connectivity index is 1.97. The highest BCUT2D eigenvalue weighted by molar-refractivity contribution is 5.19. The van der Waals surface area contributed by atoms with Gasteiger partial charge in [-0.05, 0) is 44.3 Å². The lowest BCUT2D eigenvalue weighted by Gasteiger charge is -2.38. The molecule has 0 amide bonds. The van der Waals surface area contributed by atoms with Gasteiger partial charge in [-0.25, -0.2) is 0 Å². The zero-order valence-corrected chi connectivity index (χ0v) is 13.3. The number of hydrogen-bond acceptors (Lipinski definition) is 2. The predicted molar refractivity (Wildman–Crippen MR) is 86.9 cm³/mol. The standard InChI is InChI=1S/C18H30N2/c1-4-13-19-18(16-9-6-5-7-10-16)15(2)14-20(3)17-11-8-12-17/h5-7,9-10,15,17-19H,4,8,11-14H2,1-3H3. The van der Waals surface area contributed by atoms with Gasteiger partial charge in [-0.15, -0.1) is 0 Å². The van der Waals surface area contributed by atoms with Crippen molar-refractivity contribution in [3.05, 3.63) is 35.9 Å². The number of nitrogens with one attached hydrogen (secondary N) is 1. The second kappa shape index (κ2) is 7.80. The van der Waals surface area contributed by atoms with Crippen LogP contribution in [0.4, 0.5) is 0 Å². The van der Waals surface area contributed by atoms with Crippen molar-refractivity contribution in [2.45, 2.75) is 51.6 Å². The number of rotatable bonds is 8. The molecule has 2 unspecified atom stereocenters. The molecule has 0 saturated heterocycles. The van der Waals surface area contributed by atoms with Gasteiger partial charge < -0.3 is 10.2 Å². The maximum atomic E-state index is 3.74. The topological polar surface area (TPSA) is 15.3 Å². The minimum Gasteiger partial charge on any atom is -0.310 e. The molecule has 0 aromatic heterocycles. The summed E-state index contributed by atoms with van der Waals surface area (Å²) in [6, 6.07) is 12.2. The van der Waals surface area contributed by atoms with Crippen LogP contribution in [0.25, 0.3) is 0 Å². The molecule has 1 aliphatic carbocycles. The van der Waals surface area contributed by atoms with Crippen LogP contribution >= 0.6 is 0 Å². The van der Waals surface area contributed by atoms with E-state index >= 15 is 0 Å². The van der Waals surface area contributed by atoms with E-state index in [0.717, 1.165) is 12.6 Å². The van der Waals surface area contributed by atoms with Crippen LogP contribution in [0.5, 0.6) is 0 Å². The van der Waals surface area contributed by atoms with Gasteiger partial charge in [0.05, 0.1) is 0 Å². The van der Waals surface area contributed by atoms with Crippen LogP contribution in [-0.2, 0) is 0 Å². The molecule has 20 heavy (non-hydrogen) atoms. The fourth-order valence-corrected chi connectivity index (χ4v) is 3.14. The molecule has 1 aliphatic rings. The van der Waals surface area contributed by atoms with Crippen LogP contribution in [0, 0.1) is 5.92 Å². The smallest absolute Gasteiger partial charge is 0.0358 e. The van der Waals surface area contributed by atoms with E-state index in [1.54, 1.807) is 0 Å². The summed E-state index contributed by atoms with van der Waals surface area (Å²) in [7, 11) is 2.29. The summed E-state index contributed by atoms with van der Waals surface area (Å²) in [5.74, 6) is 0.634. The second-order valence-corrected chi connectivity index (χ2v) is 6.34. The third-order valence-corrected chi connectivity index (χ3v) is 4.62. The van der Waals surface area contributed by atoms with E-state index in [1.807, 2.05) is 0 Å². The first-order valence-electron chi connectivity index (χ1n) is 8.21. The molecular formula is C18H30N2. The molecule has 112 valence electrons. The van der Waals surface area contributed by atoms with Gasteiger partial charge in [-0.2, -0.15) is 0 Å². The van der Waals surface area contributed by atoms with Gasteiger partial charge >= 0.3 is 0 Å². The number of nitrogens with zero attached hydrogens (tertiary/aromatic N) is 1. The minimum atomic E-state index is 0.471. The van der Waals surface area contributed by atoms with Crippen molar-refractivity contribution >= 4 is 0 Å². The van der Waals surface area contributed by atoms with E-state index < -0.39 is 0 Å². The van der Waals surface area contributed by atoms with Crippen LogP contribution in [0.15, 0.2) is 30.3 Å². The van der Waals surface area contributed by atoms with Gasteiger partial charge in [-0.1, -0.05) is 50.6 Å². The first kappa shape index (κ1) is 15.5. The summed E-state index contributed by atoms with van der Waals surface area (Å²) in [6.45, 7) is 6.90. The lowest BCUT2D eigenvalue weighted by Crippen LogP contribution is -2.42. The van der Waals surface area contributed by atoms with Crippen molar-refractivity contribution in [1.29, 1.82) is 0 Å². The quantitative estimate of drug-likeness (QED) is 0.774. The van der Waals surface area contributed by atoms with E-state index in [9.17, 15) is 0 Å². The Hall–Kier alpha value is -0.860. The van der Waals surface area contributed by atoms with E-state index in [4.69, 9.17) is 0 Å². The van der Waals surface area contributed by atoms with Gasteiger partial charge in [0.25, 0.3) is 0 Å². The first-order chi connectivity index (χ1) is 9.72. The highest BCUT2D eigenvalue weighted by Gasteiger charge is 2.26.